The maximum absolute atomic E-state index is 13.6. The molecule has 0 fully saturated rings. The Kier molecular flexibility index (Phi) is 4.73. The minimum absolute atomic E-state index is 0.132. The first kappa shape index (κ1) is 18.7. The lowest BCUT2D eigenvalue weighted by molar-refractivity contribution is -0.141. The van der Waals surface area contributed by atoms with Crippen molar-refractivity contribution in [1.82, 2.24) is 9.55 Å². The van der Waals surface area contributed by atoms with Crippen LogP contribution in [0.5, 0.6) is 0 Å². The highest BCUT2D eigenvalue weighted by Gasteiger charge is 2.34. The Morgan fingerprint density at radius 2 is 1.48 bits per heavy atom. The van der Waals surface area contributed by atoms with Crippen molar-refractivity contribution in [3.63, 3.8) is 0 Å². The van der Waals surface area contributed by atoms with Gasteiger partial charge >= 0.3 is 6.18 Å². The molecule has 0 bridgehead atoms. The summed E-state index contributed by atoms with van der Waals surface area (Å²) in [7, 11) is 0. The van der Waals surface area contributed by atoms with Gasteiger partial charge in [-0.25, -0.2) is 26.9 Å². The van der Waals surface area contributed by atoms with Gasteiger partial charge in [0.05, 0.1) is 0 Å². The van der Waals surface area contributed by atoms with Crippen LogP contribution >= 0.6 is 0 Å². The number of aromatic nitrogens is 2. The zero-order valence-corrected chi connectivity index (χ0v) is 12.1. The molecule has 0 aliphatic rings. The first-order chi connectivity index (χ1) is 11.5. The van der Waals surface area contributed by atoms with E-state index < -0.39 is 58.2 Å². The highest BCUT2D eigenvalue weighted by Crippen LogP contribution is 2.31. The van der Waals surface area contributed by atoms with Gasteiger partial charge in [-0.1, -0.05) is 0 Å². The summed E-state index contributed by atoms with van der Waals surface area (Å²) in [4.78, 5) is 14.7. The molecular formula is C13H7F8N3O. The Morgan fingerprint density at radius 1 is 1.00 bits per heavy atom. The molecule has 0 radical (unpaired) electrons. The van der Waals surface area contributed by atoms with E-state index in [9.17, 15) is 39.9 Å². The summed E-state index contributed by atoms with van der Waals surface area (Å²) < 4.78 is 105. The van der Waals surface area contributed by atoms with Crippen LogP contribution in [0.3, 0.4) is 0 Å². The number of alkyl halides is 3. The zero-order chi connectivity index (χ0) is 19.1. The van der Waals surface area contributed by atoms with Crippen LogP contribution in [0, 0.1) is 29.1 Å². The van der Waals surface area contributed by atoms with Crippen LogP contribution in [0.25, 0.3) is 0 Å². The predicted octanol–water partition coefficient (Wildman–Crippen LogP) is 3.72. The summed E-state index contributed by atoms with van der Waals surface area (Å²) in [6.45, 7) is 1.00. The Balaban J connectivity index is 2.69. The lowest BCUT2D eigenvalue weighted by atomic mass is 10.2. The van der Waals surface area contributed by atoms with Gasteiger partial charge in [0.15, 0.2) is 29.0 Å². The second-order valence-electron chi connectivity index (χ2n) is 4.62. The highest BCUT2D eigenvalue weighted by atomic mass is 19.4. The van der Waals surface area contributed by atoms with Crippen LogP contribution in [-0.4, -0.2) is 9.55 Å². The van der Waals surface area contributed by atoms with Crippen molar-refractivity contribution in [3.8, 4) is 0 Å². The fourth-order valence-electron chi connectivity index (χ4n) is 1.88. The smallest absolute Gasteiger partial charge is 0.320 e. The summed E-state index contributed by atoms with van der Waals surface area (Å²) in [5.41, 5.74) is -4.57. The molecule has 0 amide bonds. The first-order valence-electron chi connectivity index (χ1n) is 6.46. The maximum atomic E-state index is 13.6. The maximum Gasteiger partial charge on any atom is 0.433 e. The van der Waals surface area contributed by atoms with E-state index in [0.717, 1.165) is 0 Å². The van der Waals surface area contributed by atoms with Gasteiger partial charge in [0.25, 0.3) is 5.56 Å². The second kappa shape index (κ2) is 6.33. The molecule has 2 rings (SSSR count). The van der Waals surface area contributed by atoms with Gasteiger partial charge < -0.3 is 5.32 Å². The van der Waals surface area contributed by atoms with Gasteiger partial charge in [-0.15, -0.1) is 0 Å². The molecule has 1 heterocycles. The standard InChI is InChI=1S/C13H7F8N3O/c1-2-24-5(25)3-4(13(19,20)21)22-12(24)23-11-9(17)7(15)6(14)8(16)10(11)18/h3H,2H2,1H3,(H,22,23). The summed E-state index contributed by atoms with van der Waals surface area (Å²) in [5.74, 6) is -12.7. The van der Waals surface area contributed by atoms with Crippen molar-refractivity contribution < 1.29 is 35.1 Å². The van der Waals surface area contributed by atoms with Crippen molar-refractivity contribution in [1.29, 1.82) is 0 Å². The molecule has 4 nitrogen and oxygen atoms in total. The lowest BCUT2D eigenvalue weighted by Crippen LogP contribution is -2.26. The number of anilines is 2. The van der Waals surface area contributed by atoms with E-state index in [2.05, 4.69) is 4.98 Å². The molecule has 0 atom stereocenters. The van der Waals surface area contributed by atoms with Gasteiger partial charge in [-0.3, -0.25) is 9.36 Å². The molecule has 1 aromatic heterocycles. The number of hydrogen-bond donors (Lipinski definition) is 1. The fraction of sp³-hybridized carbons (Fsp3) is 0.231. The third-order valence-corrected chi connectivity index (χ3v) is 3.06. The molecule has 1 aromatic carbocycles. The average Bonchev–Trinajstić information content (AvgIpc) is 2.54. The molecule has 0 aliphatic heterocycles. The molecule has 0 saturated carbocycles. The van der Waals surface area contributed by atoms with Crippen molar-refractivity contribution >= 4 is 11.6 Å². The van der Waals surface area contributed by atoms with E-state index in [4.69, 9.17) is 0 Å². The van der Waals surface area contributed by atoms with Gasteiger partial charge in [-0.05, 0) is 6.92 Å². The minimum Gasteiger partial charge on any atom is -0.320 e. The third kappa shape index (κ3) is 3.28. The number of rotatable bonds is 3. The quantitative estimate of drug-likeness (QED) is 0.507. The SMILES string of the molecule is CCn1c(Nc2c(F)c(F)c(F)c(F)c2F)nc(C(F)(F)F)cc1=O. The first-order valence-corrected chi connectivity index (χ1v) is 6.46. The van der Waals surface area contributed by atoms with E-state index >= 15 is 0 Å². The number of halogens is 8. The van der Waals surface area contributed by atoms with Gasteiger partial charge in [0.1, 0.15) is 5.69 Å². The van der Waals surface area contributed by atoms with Gasteiger partial charge in [0, 0.05) is 12.6 Å². The summed E-state index contributed by atoms with van der Waals surface area (Å²) >= 11 is 0. The molecule has 2 aromatic rings. The molecular weight excluding hydrogens is 366 g/mol. The topological polar surface area (TPSA) is 46.9 Å². The molecule has 0 saturated heterocycles. The molecule has 25 heavy (non-hydrogen) atoms. The van der Waals surface area contributed by atoms with E-state index in [1.165, 1.54) is 6.92 Å². The van der Waals surface area contributed by atoms with E-state index in [-0.39, 0.29) is 12.6 Å². The second-order valence-corrected chi connectivity index (χ2v) is 4.62. The zero-order valence-electron chi connectivity index (χ0n) is 12.1. The summed E-state index contributed by atoms with van der Waals surface area (Å²) in [6.07, 6.45) is -5.07. The van der Waals surface area contributed by atoms with Crippen LogP contribution < -0.4 is 10.9 Å². The van der Waals surface area contributed by atoms with Gasteiger partial charge in [0.2, 0.25) is 11.8 Å². The van der Waals surface area contributed by atoms with Crippen LogP contribution in [0.1, 0.15) is 12.6 Å². The Labute approximate surface area is 133 Å². The Bertz CT molecular complexity index is 861. The monoisotopic (exact) mass is 373 g/mol. The Hall–Kier alpha value is -2.66. The van der Waals surface area contributed by atoms with Crippen molar-refractivity contribution in [2.45, 2.75) is 19.6 Å². The molecule has 0 aliphatic carbocycles. The van der Waals surface area contributed by atoms with Crippen LogP contribution in [0.2, 0.25) is 0 Å². The van der Waals surface area contributed by atoms with Crippen molar-refractivity contribution in [2.24, 2.45) is 0 Å². The van der Waals surface area contributed by atoms with Crippen molar-refractivity contribution in [2.75, 3.05) is 5.32 Å². The van der Waals surface area contributed by atoms with Crippen LogP contribution in [0.4, 0.5) is 46.8 Å². The number of benzene rings is 1. The van der Waals surface area contributed by atoms with E-state index in [1.54, 1.807) is 5.32 Å². The molecule has 0 spiro atoms. The molecule has 1 N–H and O–H groups in total. The predicted molar refractivity (Wildman–Crippen MR) is 68.7 cm³/mol. The highest BCUT2D eigenvalue weighted by molar-refractivity contribution is 5.56. The Morgan fingerprint density at radius 3 is 1.92 bits per heavy atom. The average molecular weight is 373 g/mol. The normalized spacial score (nSPS) is 11.7. The fourth-order valence-corrected chi connectivity index (χ4v) is 1.88. The third-order valence-electron chi connectivity index (χ3n) is 3.06. The summed E-state index contributed by atoms with van der Waals surface area (Å²) in [6, 6.07) is 0.132. The molecule has 0 unspecified atom stereocenters. The minimum atomic E-state index is -5.07. The van der Waals surface area contributed by atoms with Crippen LogP contribution in [0.15, 0.2) is 10.9 Å². The lowest BCUT2D eigenvalue weighted by Gasteiger charge is -2.16. The number of nitrogens with zero attached hydrogens (tertiary/aromatic N) is 2. The molecule has 136 valence electrons. The molecule has 12 heteroatoms. The number of hydrogen-bond acceptors (Lipinski definition) is 3. The summed E-state index contributed by atoms with van der Waals surface area (Å²) in [5, 5.41) is 1.58. The van der Waals surface area contributed by atoms with Crippen LogP contribution in [-0.2, 0) is 12.7 Å². The largest absolute Gasteiger partial charge is 0.433 e. The van der Waals surface area contributed by atoms with Crippen molar-refractivity contribution in [3.05, 3.63) is 51.2 Å². The van der Waals surface area contributed by atoms with Gasteiger partial charge in [-0.2, -0.15) is 13.2 Å². The van der Waals surface area contributed by atoms with E-state index in [0.29, 0.717) is 4.57 Å². The number of nitrogens with one attached hydrogen (secondary N) is 1. The van der Waals surface area contributed by atoms with E-state index in [1.807, 2.05) is 0 Å².